The second-order valence-corrected chi connectivity index (χ2v) is 13.6. The van der Waals surface area contributed by atoms with Crippen molar-refractivity contribution in [2.45, 2.75) is 103 Å². The van der Waals surface area contributed by atoms with Crippen LogP contribution in [0.2, 0.25) is 0 Å². The fourth-order valence-electron chi connectivity index (χ4n) is 6.74. The number of carbonyl (C=O) groups is 2. The molecule has 2 aliphatic heterocycles. The van der Waals surface area contributed by atoms with Crippen molar-refractivity contribution in [2.24, 2.45) is 0 Å². The molecule has 16 nitrogen and oxygen atoms in total. The number of hydrogen-bond donors (Lipinski definition) is 5. The summed E-state index contributed by atoms with van der Waals surface area (Å²) in [5, 5.41) is 52.4. The van der Waals surface area contributed by atoms with Crippen LogP contribution in [-0.4, -0.2) is 113 Å². The molecular formula is C38H58N4O12. The Morgan fingerprint density at radius 3 is 1.65 bits per heavy atom. The topological polar surface area (TPSA) is 228 Å². The first-order chi connectivity index (χ1) is 25.9. The van der Waals surface area contributed by atoms with Gasteiger partial charge in [0.25, 0.3) is 5.69 Å². The fourth-order valence-corrected chi connectivity index (χ4v) is 6.74. The van der Waals surface area contributed by atoms with Crippen LogP contribution in [0.25, 0.3) is 0 Å². The van der Waals surface area contributed by atoms with E-state index in [0.29, 0.717) is 68.1 Å². The minimum atomic E-state index is -1.24. The number of nitrogen functional groups attached to an aromatic ring is 1. The summed E-state index contributed by atoms with van der Waals surface area (Å²) in [5.41, 5.74) is 6.91. The lowest BCUT2D eigenvalue weighted by Gasteiger charge is -2.38. The van der Waals surface area contributed by atoms with Crippen LogP contribution in [0.3, 0.4) is 0 Å². The summed E-state index contributed by atoms with van der Waals surface area (Å²) < 4.78 is 21.9. The predicted molar refractivity (Wildman–Crippen MR) is 201 cm³/mol. The minimum absolute atomic E-state index is 0.00540. The molecule has 2 heterocycles. The van der Waals surface area contributed by atoms with Gasteiger partial charge in [0, 0.05) is 55.3 Å². The van der Waals surface area contributed by atoms with Crippen molar-refractivity contribution in [3.8, 4) is 23.0 Å². The molecule has 302 valence electrons. The van der Waals surface area contributed by atoms with Gasteiger partial charge in [-0.15, -0.1) is 0 Å². The number of carbonyl (C=O) groups excluding carboxylic acids is 2. The predicted octanol–water partition coefficient (Wildman–Crippen LogP) is 4.05. The number of nitro benzene ring substituents is 1. The van der Waals surface area contributed by atoms with Crippen molar-refractivity contribution in [2.75, 3.05) is 59.5 Å². The molecule has 2 aromatic rings. The Morgan fingerprint density at radius 1 is 0.778 bits per heavy atom. The maximum atomic E-state index is 11.6. The van der Waals surface area contributed by atoms with Gasteiger partial charge in [-0.2, -0.15) is 0 Å². The number of Topliss-reactive ketones (excluding diaryl/α,β-unsaturated/α-hetero) is 2. The molecular weight excluding hydrogens is 704 g/mol. The third-order valence-corrected chi connectivity index (χ3v) is 9.69. The van der Waals surface area contributed by atoms with Crippen molar-refractivity contribution in [1.82, 2.24) is 9.80 Å². The van der Waals surface area contributed by atoms with Gasteiger partial charge in [-0.25, -0.2) is 0 Å². The number of likely N-dealkylation sites (tertiary alicyclic amines) is 2. The normalized spacial score (nSPS) is 18.8. The Hall–Kier alpha value is -4.06. The van der Waals surface area contributed by atoms with Crippen LogP contribution in [0.5, 0.6) is 23.0 Å². The minimum Gasteiger partial charge on any atom is -0.493 e. The Morgan fingerprint density at radius 2 is 1.22 bits per heavy atom. The van der Waals surface area contributed by atoms with Gasteiger partial charge in [0.2, 0.25) is 0 Å². The van der Waals surface area contributed by atoms with Crippen molar-refractivity contribution in [3.63, 3.8) is 0 Å². The molecule has 4 atom stereocenters. The Kier molecular flexibility index (Phi) is 18.4. The number of nitrogens with zero attached hydrogens (tertiary/aromatic N) is 3. The van der Waals surface area contributed by atoms with Gasteiger partial charge in [0.05, 0.1) is 57.2 Å². The van der Waals surface area contributed by atoms with Crippen molar-refractivity contribution >= 4 is 22.9 Å². The molecule has 0 saturated carbocycles. The zero-order valence-electron chi connectivity index (χ0n) is 31.9. The summed E-state index contributed by atoms with van der Waals surface area (Å²) in [7, 11) is 2.94. The second-order valence-electron chi connectivity index (χ2n) is 13.6. The first-order valence-corrected chi connectivity index (χ1v) is 18.5. The summed E-state index contributed by atoms with van der Waals surface area (Å²) in [6.45, 7) is 4.76. The molecule has 2 fully saturated rings. The van der Waals surface area contributed by atoms with Gasteiger partial charge in [-0.05, 0) is 64.5 Å². The van der Waals surface area contributed by atoms with E-state index in [4.69, 9.17) is 24.7 Å². The van der Waals surface area contributed by atoms with Gasteiger partial charge in [-0.3, -0.25) is 19.9 Å². The van der Waals surface area contributed by atoms with Crippen molar-refractivity contribution in [1.29, 1.82) is 0 Å². The average Bonchev–Trinajstić information content (AvgIpc) is 3.17. The second kappa shape index (κ2) is 22.4. The van der Waals surface area contributed by atoms with Gasteiger partial charge < -0.3 is 54.7 Å². The molecule has 2 unspecified atom stereocenters. The number of ether oxygens (including phenoxy) is 4. The van der Waals surface area contributed by atoms with Gasteiger partial charge in [-0.1, -0.05) is 12.8 Å². The summed E-state index contributed by atoms with van der Waals surface area (Å²) >= 11 is 0. The van der Waals surface area contributed by atoms with E-state index in [0.717, 1.165) is 38.5 Å². The number of nitrogens with two attached hydrogens (primary N) is 1. The maximum absolute atomic E-state index is 11.6. The van der Waals surface area contributed by atoms with Crippen LogP contribution in [0.4, 0.5) is 11.4 Å². The molecule has 0 aromatic heterocycles. The number of ketones is 2. The molecule has 4 rings (SSSR count). The third-order valence-electron chi connectivity index (χ3n) is 9.69. The Balaban J connectivity index is 0.000000291. The fraction of sp³-hybridized carbons (Fsp3) is 0.632. The van der Waals surface area contributed by atoms with E-state index in [1.54, 1.807) is 24.0 Å². The van der Waals surface area contributed by atoms with Gasteiger partial charge in [0.15, 0.2) is 23.0 Å². The molecule has 0 amide bonds. The Labute approximate surface area is 316 Å². The number of benzene rings is 2. The zero-order chi connectivity index (χ0) is 39.8. The SMILES string of the molecule is COc1cc(C(O)N2CCCC[C@H]2CO)c(N)cc1OCCCC(C)=O.COc1cc(C(O)N2CCCC[C@H]2CO)c([N+](=O)[O-])cc1OCCCC(C)=O. The molecule has 0 spiro atoms. The first-order valence-electron chi connectivity index (χ1n) is 18.5. The number of anilines is 1. The summed E-state index contributed by atoms with van der Waals surface area (Å²) in [6.07, 6.45) is 5.15. The first kappa shape index (κ1) is 44.3. The van der Waals surface area contributed by atoms with Crippen LogP contribution in [0.15, 0.2) is 24.3 Å². The van der Waals surface area contributed by atoms with Crippen molar-refractivity contribution in [3.05, 3.63) is 45.5 Å². The lowest BCUT2D eigenvalue weighted by atomic mass is 10.00. The van der Waals surface area contributed by atoms with Gasteiger partial charge >= 0.3 is 0 Å². The highest BCUT2D eigenvalue weighted by Gasteiger charge is 2.34. The standard InChI is InChI=1S/C19H28N2O7.C19H30N2O5/c1-13(23)6-5-9-28-18-11-16(21(25)26)15(10-17(18)27-2)19(24)20-8-4-3-7-14(20)12-22;1-13(23)6-5-9-26-18-11-16(20)15(10-17(18)25-2)19(24)21-8-4-3-7-14(21)12-22/h10-11,14,19,22,24H,3-9,12H2,1-2H3;10-11,14,19,22,24H,3-9,12,20H2,1-2H3/t2*14-,19?/m00/s1. The molecule has 2 aromatic carbocycles. The molecule has 54 heavy (non-hydrogen) atoms. The monoisotopic (exact) mass is 762 g/mol. The molecule has 0 radical (unpaired) electrons. The Bertz CT molecular complexity index is 1530. The van der Waals surface area contributed by atoms with Crippen LogP contribution in [0, 0.1) is 10.1 Å². The lowest BCUT2D eigenvalue weighted by molar-refractivity contribution is -0.386. The largest absolute Gasteiger partial charge is 0.493 e. The number of rotatable bonds is 19. The summed E-state index contributed by atoms with van der Waals surface area (Å²) in [5.74, 6) is 1.58. The number of nitro groups is 1. The zero-order valence-corrected chi connectivity index (χ0v) is 31.9. The number of hydrogen-bond acceptors (Lipinski definition) is 15. The van der Waals surface area contributed by atoms with Crippen LogP contribution in [0.1, 0.15) is 102 Å². The van der Waals surface area contributed by atoms with E-state index >= 15 is 0 Å². The molecule has 2 saturated heterocycles. The molecule has 2 aliphatic rings. The van der Waals surface area contributed by atoms with E-state index in [2.05, 4.69) is 0 Å². The smallest absolute Gasteiger partial charge is 0.280 e. The van der Waals surface area contributed by atoms with Crippen LogP contribution in [-0.2, 0) is 9.59 Å². The molecule has 0 aliphatic carbocycles. The van der Waals surface area contributed by atoms with E-state index in [9.17, 15) is 40.1 Å². The molecule has 6 N–H and O–H groups in total. The van der Waals surface area contributed by atoms with E-state index in [1.165, 1.54) is 33.3 Å². The van der Waals surface area contributed by atoms with Gasteiger partial charge in [0.1, 0.15) is 24.0 Å². The number of aliphatic hydroxyl groups excluding tert-OH is 4. The molecule has 16 heteroatoms. The number of aliphatic hydroxyl groups is 4. The third kappa shape index (κ3) is 12.5. The highest BCUT2D eigenvalue weighted by atomic mass is 16.6. The highest BCUT2D eigenvalue weighted by Crippen LogP contribution is 2.40. The quantitative estimate of drug-likeness (QED) is 0.0589. The summed E-state index contributed by atoms with van der Waals surface area (Å²) in [4.78, 5) is 36.6. The van der Waals surface area contributed by atoms with Crippen LogP contribution >= 0.6 is 0 Å². The summed E-state index contributed by atoms with van der Waals surface area (Å²) in [6, 6.07) is 5.64. The van der Waals surface area contributed by atoms with Crippen LogP contribution < -0.4 is 24.7 Å². The van der Waals surface area contributed by atoms with E-state index < -0.39 is 17.4 Å². The average molecular weight is 763 g/mol. The highest BCUT2D eigenvalue weighted by molar-refractivity contribution is 5.75. The van der Waals surface area contributed by atoms with E-state index in [1.807, 2.05) is 4.90 Å². The maximum Gasteiger partial charge on any atom is 0.280 e. The van der Waals surface area contributed by atoms with E-state index in [-0.39, 0.29) is 66.2 Å². The lowest BCUT2D eigenvalue weighted by Crippen LogP contribution is -2.44. The number of piperidine rings is 2. The molecule has 0 bridgehead atoms. The van der Waals surface area contributed by atoms with Crippen molar-refractivity contribution < 1.29 is 53.9 Å². The number of methoxy groups -OCH3 is 2.